The van der Waals surface area contributed by atoms with Gasteiger partial charge in [0.2, 0.25) is 0 Å². The molecule has 1 saturated heterocycles. The molecule has 0 bridgehead atoms. The van der Waals surface area contributed by atoms with E-state index in [1.165, 1.54) is 11.3 Å². The molecule has 1 aromatic heterocycles. The highest BCUT2D eigenvalue weighted by Crippen LogP contribution is 2.31. The molecule has 0 spiro atoms. The van der Waals surface area contributed by atoms with Gasteiger partial charge in [0, 0.05) is 43.3 Å². The summed E-state index contributed by atoms with van der Waals surface area (Å²) in [7, 11) is 0. The average molecular weight is 423 g/mol. The summed E-state index contributed by atoms with van der Waals surface area (Å²) in [6.45, 7) is 6.81. The minimum atomic E-state index is -0.543. The van der Waals surface area contributed by atoms with Crippen LogP contribution in [0, 0.1) is 0 Å². The monoisotopic (exact) mass is 422 g/mol. The van der Waals surface area contributed by atoms with E-state index >= 15 is 0 Å². The van der Waals surface area contributed by atoms with E-state index in [0.717, 1.165) is 4.88 Å². The molecule has 29 heavy (non-hydrogen) atoms. The highest BCUT2D eigenvalue weighted by molar-refractivity contribution is 7.10. The molecule has 0 radical (unpaired) electrons. The summed E-state index contributed by atoms with van der Waals surface area (Å²) in [6, 6.07) is 2.87. The Bertz CT molecular complexity index is 772. The van der Waals surface area contributed by atoms with Gasteiger partial charge in [-0.2, -0.15) is 0 Å². The summed E-state index contributed by atoms with van der Waals surface area (Å²) in [6.07, 6.45) is -0.313. The zero-order valence-corrected chi connectivity index (χ0v) is 17.4. The fourth-order valence-electron chi connectivity index (χ4n) is 3.39. The van der Waals surface area contributed by atoms with Crippen molar-refractivity contribution in [1.29, 1.82) is 0 Å². The summed E-state index contributed by atoms with van der Waals surface area (Å²) >= 11 is 1.47. The Morgan fingerprint density at radius 1 is 1.17 bits per heavy atom. The molecule has 3 rings (SSSR count). The van der Waals surface area contributed by atoms with Crippen molar-refractivity contribution in [3.8, 4) is 0 Å². The average Bonchev–Trinajstić information content (AvgIpc) is 3.23. The van der Waals surface area contributed by atoms with Gasteiger partial charge in [-0.15, -0.1) is 11.3 Å². The highest BCUT2D eigenvalue weighted by Gasteiger charge is 2.35. The Hall–Kier alpha value is -2.59. The zero-order chi connectivity index (χ0) is 20.8. The molecule has 3 heterocycles. The summed E-state index contributed by atoms with van der Waals surface area (Å²) in [4.78, 5) is 41.5. The van der Waals surface area contributed by atoms with Crippen LogP contribution >= 0.6 is 11.3 Å². The van der Waals surface area contributed by atoms with E-state index in [0.29, 0.717) is 50.6 Å². The van der Waals surface area contributed by atoms with Gasteiger partial charge in [0.05, 0.1) is 24.8 Å². The van der Waals surface area contributed by atoms with Crippen LogP contribution in [0.2, 0.25) is 0 Å². The highest BCUT2D eigenvalue weighted by atomic mass is 32.1. The fourth-order valence-corrected chi connectivity index (χ4v) is 4.17. The molecule has 10 heteroatoms. The predicted molar refractivity (Wildman–Crippen MR) is 107 cm³/mol. The van der Waals surface area contributed by atoms with Crippen molar-refractivity contribution in [2.75, 3.05) is 45.9 Å². The third-order valence-electron chi connectivity index (χ3n) is 4.76. The van der Waals surface area contributed by atoms with Crippen molar-refractivity contribution < 1.29 is 23.9 Å². The Morgan fingerprint density at radius 3 is 2.52 bits per heavy atom. The van der Waals surface area contributed by atoms with Gasteiger partial charge in [0.15, 0.2) is 0 Å². The maximum Gasteiger partial charge on any atom is 0.409 e. The van der Waals surface area contributed by atoms with Crippen molar-refractivity contribution in [3.05, 3.63) is 33.7 Å². The lowest BCUT2D eigenvalue weighted by Crippen LogP contribution is -2.52. The number of hydrogen-bond donors (Lipinski definition) is 2. The van der Waals surface area contributed by atoms with E-state index in [2.05, 4.69) is 15.5 Å². The largest absolute Gasteiger partial charge is 0.463 e. The number of nitrogens with zero attached hydrogens (tertiary/aromatic N) is 2. The van der Waals surface area contributed by atoms with Gasteiger partial charge in [0.25, 0.3) is 0 Å². The number of rotatable bonds is 6. The number of thiophene rings is 1. The minimum Gasteiger partial charge on any atom is -0.463 e. The molecule has 1 atom stereocenters. The predicted octanol–water partition coefficient (Wildman–Crippen LogP) is 1.69. The number of ether oxygens (including phenoxy) is 2. The lowest BCUT2D eigenvalue weighted by atomic mass is 10.0. The first kappa shape index (κ1) is 21.1. The molecule has 1 fully saturated rings. The summed E-state index contributed by atoms with van der Waals surface area (Å²) in [5.74, 6) is -0.446. The van der Waals surface area contributed by atoms with Crippen molar-refractivity contribution in [3.63, 3.8) is 0 Å². The second kappa shape index (κ2) is 9.75. The van der Waals surface area contributed by atoms with E-state index in [1.807, 2.05) is 17.5 Å². The number of carbonyl (C=O) groups is 3. The van der Waals surface area contributed by atoms with Crippen LogP contribution in [0.1, 0.15) is 24.8 Å². The van der Waals surface area contributed by atoms with Gasteiger partial charge in [-0.1, -0.05) is 6.07 Å². The lowest BCUT2D eigenvalue weighted by Gasteiger charge is -2.36. The molecule has 1 aromatic rings. The number of hydrogen-bond acceptors (Lipinski definition) is 7. The maximum atomic E-state index is 12.7. The molecule has 0 aliphatic carbocycles. The Kier molecular flexibility index (Phi) is 7.10. The zero-order valence-electron chi connectivity index (χ0n) is 16.6. The van der Waals surface area contributed by atoms with Crippen LogP contribution < -0.4 is 10.6 Å². The van der Waals surface area contributed by atoms with Crippen molar-refractivity contribution in [1.82, 2.24) is 20.4 Å². The van der Waals surface area contributed by atoms with Gasteiger partial charge >= 0.3 is 18.1 Å². The Morgan fingerprint density at radius 2 is 1.90 bits per heavy atom. The van der Waals surface area contributed by atoms with Crippen LogP contribution in [0.4, 0.5) is 9.59 Å². The van der Waals surface area contributed by atoms with Gasteiger partial charge in [0.1, 0.15) is 0 Å². The molecule has 0 saturated carbocycles. The Labute approximate surface area is 173 Å². The first-order valence-corrected chi connectivity index (χ1v) is 10.6. The number of nitrogens with one attached hydrogen (secondary N) is 2. The number of piperazine rings is 1. The summed E-state index contributed by atoms with van der Waals surface area (Å²) in [5.41, 5.74) is 0.955. The molecule has 2 aliphatic heterocycles. The van der Waals surface area contributed by atoms with E-state index in [4.69, 9.17) is 9.47 Å². The van der Waals surface area contributed by atoms with Crippen LogP contribution in [0.15, 0.2) is 28.8 Å². The van der Waals surface area contributed by atoms with Crippen LogP contribution in [0.5, 0.6) is 0 Å². The van der Waals surface area contributed by atoms with Crippen molar-refractivity contribution in [2.24, 2.45) is 0 Å². The van der Waals surface area contributed by atoms with Crippen LogP contribution in [0.3, 0.4) is 0 Å². The fraction of sp³-hybridized carbons (Fsp3) is 0.526. The molecular weight excluding hydrogens is 396 g/mol. The standard InChI is InChI=1S/C19H26N4O5S/c1-3-27-17(24)15-13(20-18(25)21-16(15)14-6-5-11-29-14)12-22-7-9-23(10-8-22)19(26)28-4-2/h5-6,11,16H,3-4,7-10,12H2,1-2H3,(H2,20,21,25)/t16-/m0/s1. The SMILES string of the molecule is CCOC(=O)C1=C(CN2CCN(C(=O)OCC)CC2)NC(=O)N[C@H]1c1cccs1. The third-order valence-corrected chi connectivity index (χ3v) is 5.69. The lowest BCUT2D eigenvalue weighted by molar-refractivity contribution is -0.139. The second-order valence-electron chi connectivity index (χ2n) is 6.62. The third kappa shape index (κ3) is 5.07. The molecule has 0 unspecified atom stereocenters. The molecule has 0 aromatic carbocycles. The Balaban J connectivity index is 1.78. The van der Waals surface area contributed by atoms with Crippen molar-refractivity contribution >= 4 is 29.4 Å². The maximum absolute atomic E-state index is 12.7. The number of urea groups is 1. The van der Waals surface area contributed by atoms with Crippen LogP contribution in [-0.2, 0) is 14.3 Å². The topological polar surface area (TPSA) is 100 Å². The first-order chi connectivity index (χ1) is 14.0. The molecule has 3 amide bonds. The smallest absolute Gasteiger partial charge is 0.409 e. The summed E-state index contributed by atoms with van der Waals surface area (Å²) < 4.78 is 10.3. The van der Waals surface area contributed by atoms with Gasteiger partial charge in [-0.25, -0.2) is 14.4 Å². The molecule has 2 N–H and O–H groups in total. The van der Waals surface area contributed by atoms with E-state index in [1.54, 1.807) is 18.7 Å². The van der Waals surface area contributed by atoms with E-state index in [9.17, 15) is 14.4 Å². The quantitative estimate of drug-likeness (QED) is 0.677. The summed E-state index contributed by atoms with van der Waals surface area (Å²) in [5, 5.41) is 7.51. The second-order valence-corrected chi connectivity index (χ2v) is 7.60. The molecule has 158 valence electrons. The number of carbonyl (C=O) groups excluding carboxylic acids is 3. The van der Waals surface area contributed by atoms with E-state index < -0.39 is 12.0 Å². The van der Waals surface area contributed by atoms with Gasteiger partial charge < -0.3 is 25.0 Å². The van der Waals surface area contributed by atoms with Crippen LogP contribution in [0.25, 0.3) is 0 Å². The van der Waals surface area contributed by atoms with E-state index in [-0.39, 0.29) is 18.7 Å². The first-order valence-electron chi connectivity index (χ1n) is 9.68. The molecule has 9 nitrogen and oxygen atoms in total. The number of amides is 3. The minimum absolute atomic E-state index is 0.249. The van der Waals surface area contributed by atoms with Gasteiger partial charge in [-0.05, 0) is 25.3 Å². The van der Waals surface area contributed by atoms with Crippen LogP contribution in [-0.4, -0.2) is 73.8 Å². The normalized spacial score (nSPS) is 20.1. The number of esters is 1. The molecule has 2 aliphatic rings. The van der Waals surface area contributed by atoms with Crippen molar-refractivity contribution in [2.45, 2.75) is 19.9 Å². The van der Waals surface area contributed by atoms with Gasteiger partial charge in [-0.3, -0.25) is 4.90 Å². The molecular formula is C19H26N4O5S.